The molecule has 3 aromatic carbocycles. The van der Waals surface area contributed by atoms with Gasteiger partial charge in [0.25, 0.3) is 5.91 Å². The molecule has 0 fully saturated rings. The van der Waals surface area contributed by atoms with Crippen LogP contribution in [0.2, 0.25) is 0 Å². The van der Waals surface area contributed by atoms with Gasteiger partial charge in [-0.25, -0.2) is 0 Å². The quantitative estimate of drug-likeness (QED) is 0.408. The van der Waals surface area contributed by atoms with E-state index in [1.807, 2.05) is 66.4 Å². The highest BCUT2D eigenvalue weighted by atomic mass is 16.5. The number of benzene rings is 3. The van der Waals surface area contributed by atoms with Crippen LogP contribution in [-0.4, -0.2) is 35.5 Å². The van der Waals surface area contributed by atoms with E-state index in [4.69, 9.17) is 9.47 Å². The largest absolute Gasteiger partial charge is 0.497 e. The average molecular weight is 455 g/mol. The van der Waals surface area contributed by atoms with Gasteiger partial charge in [-0.15, -0.1) is 0 Å². The van der Waals surface area contributed by atoms with Crippen LogP contribution in [0.3, 0.4) is 0 Å². The maximum Gasteiger partial charge on any atom is 0.264 e. The highest BCUT2D eigenvalue weighted by Gasteiger charge is 2.36. The van der Waals surface area contributed by atoms with Crippen LogP contribution in [0.15, 0.2) is 72.8 Å². The number of aromatic amines is 1. The van der Waals surface area contributed by atoms with Crippen LogP contribution in [0.1, 0.15) is 42.3 Å². The molecular weight excluding hydrogens is 424 g/mol. The van der Waals surface area contributed by atoms with Crippen molar-refractivity contribution in [3.8, 4) is 11.5 Å². The second-order valence-corrected chi connectivity index (χ2v) is 8.78. The Hall–Kier alpha value is -3.73. The van der Waals surface area contributed by atoms with E-state index in [-0.39, 0.29) is 11.9 Å². The molecule has 0 saturated heterocycles. The second-order valence-electron chi connectivity index (χ2n) is 8.78. The molecule has 0 saturated carbocycles. The lowest BCUT2D eigenvalue weighted by Crippen LogP contribution is -2.46. The van der Waals surface area contributed by atoms with Gasteiger partial charge >= 0.3 is 0 Å². The number of aromatic nitrogens is 1. The lowest BCUT2D eigenvalue weighted by molar-refractivity contribution is -0.140. The maximum absolute atomic E-state index is 13.7. The van der Waals surface area contributed by atoms with E-state index in [1.54, 1.807) is 7.11 Å². The van der Waals surface area contributed by atoms with Gasteiger partial charge in [-0.1, -0.05) is 43.3 Å². The van der Waals surface area contributed by atoms with E-state index < -0.39 is 6.10 Å². The van der Waals surface area contributed by atoms with Gasteiger partial charge in [0.1, 0.15) is 11.5 Å². The number of amides is 1. The number of nitrogens with one attached hydrogen (secondary N) is 1. The number of nitrogens with zero attached hydrogens (tertiary/aromatic N) is 1. The number of hydrogen-bond donors (Lipinski definition) is 1. The summed E-state index contributed by atoms with van der Waals surface area (Å²) in [7, 11) is 1.66. The number of hydrogen-bond acceptors (Lipinski definition) is 3. The fraction of sp³-hybridized carbons (Fsp3) is 0.276. The van der Waals surface area contributed by atoms with Gasteiger partial charge in [0.05, 0.1) is 13.2 Å². The molecule has 2 heterocycles. The number of ether oxygens (including phenoxy) is 2. The first kappa shape index (κ1) is 22.1. The molecule has 4 aromatic rings. The summed E-state index contributed by atoms with van der Waals surface area (Å²) >= 11 is 0. The van der Waals surface area contributed by atoms with Crippen LogP contribution in [0.25, 0.3) is 10.9 Å². The number of rotatable bonds is 6. The van der Waals surface area contributed by atoms with Gasteiger partial charge in [-0.3, -0.25) is 4.79 Å². The third-order valence-electron chi connectivity index (χ3n) is 6.72. The zero-order valence-electron chi connectivity index (χ0n) is 19.9. The number of carbonyl (C=O) groups is 1. The van der Waals surface area contributed by atoms with E-state index in [0.717, 1.165) is 35.4 Å². The van der Waals surface area contributed by atoms with Crippen molar-refractivity contribution in [3.63, 3.8) is 0 Å². The first-order valence-corrected chi connectivity index (χ1v) is 11.9. The topological polar surface area (TPSA) is 54.6 Å². The molecule has 1 aromatic heterocycles. The van der Waals surface area contributed by atoms with Gasteiger partial charge in [0, 0.05) is 23.1 Å². The molecule has 174 valence electrons. The van der Waals surface area contributed by atoms with Crippen LogP contribution in [0, 0.1) is 0 Å². The molecule has 1 N–H and O–H groups in total. The predicted octanol–water partition coefficient (Wildman–Crippen LogP) is 5.68. The molecule has 5 nitrogen and oxygen atoms in total. The van der Waals surface area contributed by atoms with Crippen LogP contribution in [0.5, 0.6) is 11.5 Å². The Morgan fingerprint density at radius 1 is 1.06 bits per heavy atom. The fourth-order valence-corrected chi connectivity index (χ4v) is 4.91. The van der Waals surface area contributed by atoms with Gasteiger partial charge < -0.3 is 19.4 Å². The Labute approximate surface area is 200 Å². The summed E-state index contributed by atoms with van der Waals surface area (Å²) in [4.78, 5) is 19.3. The maximum atomic E-state index is 13.7. The standard InChI is InChI=1S/C29H30N2O3/c1-4-20-10-15-26-25(18-20)24-16-17-31(29(32)19(2)34-23-8-6-5-7-9-23)28(27(24)30-26)21-11-13-22(33-3)14-12-21/h5-15,18-19,28,30H,4,16-17H2,1-3H3. The number of aryl methyl sites for hydroxylation is 1. The first-order valence-electron chi connectivity index (χ1n) is 11.9. The summed E-state index contributed by atoms with van der Waals surface area (Å²) in [6.45, 7) is 4.64. The Bertz CT molecular complexity index is 1290. The molecule has 2 atom stereocenters. The summed E-state index contributed by atoms with van der Waals surface area (Å²) in [5, 5.41) is 1.26. The van der Waals surface area contributed by atoms with Crippen molar-refractivity contribution < 1.29 is 14.3 Å². The highest BCUT2D eigenvalue weighted by molar-refractivity contribution is 5.88. The lowest BCUT2D eigenvalue weighted by atomic mass is 9.91. The molecular formula is C29H30N2O3. The SMILES string of the molecule is CCc1ccc2[nH]c3c(c2c1)CCN(C(=O)C(C)Oc1ccccc1)C3c1ccc(OC)cc1. The zero-order valence-corrected chi connectivity index (χ0v) is 19.9. The Morgan fingerprint density at radius 3 is 2.53 bits per heavy atom. The van der Waals surface area contributed by atoms with Gasteiger partial charge in [-0.05, 0) is 72.9 Å². The molecule has 0 spiro atoms. The van der Waals surface area contributed by atoms with Crippen molar-refractivity contribution in [2.45, 2.75) is 38.8 Å². The molecule has 1 aliphatic heterocycles. The summed E-state index contributed by atoms with van der Waals surface area (Å²) in [5.41, 5.74) is 5.86. The monoisotopic (exact) mass is 454 g/mol. The average Bonchev–Trinajstić information content (AvgIpc) is 3.26. The van der Waals surface area contributed by atoms with E-state index in [2.05, 4.69) is 30.1 Å². The van der Waals surface area contributed by atoms with Crippen molar-refractivity contribution in [3.05, 3.63) is 95.2 Å². The van der Waals surface area contributed by atoms with Crippen molar-refractivity contribution >= 4 is 16.8 Å². The number of para-hydroxylation sites is 1. The predicted molar refractivity (Wildman–Crippen MR) is 134 cm³/mol. The third-order valence-corrected chi connectivity index (χ3v) is 6.72. The Balaban J connectivity index is 1.55. The normalized spacial score (nSPS) is 16.2. The fourth-order valence-electron chi connectivity index (χ4n) is 4.91. The minimum absolute atomic E-state index is 0.0248. The molecule has 1 aliphatic rings. The van der Waals surface area contributed by atoms with Crippen LogP contribution >= 0.6 is 0 Å². The van der Waals surface area contributed by atoms with Crippen molar-refractivity contribution in [1.29, 1.82) is 0 Å². The highest BCUT2D eigenvalue weighted by Crippen LogP contribution is 2.39. The second kappa shape index (κ2) is 9.26. The first-order chi connectivity index (χ1) is 16.6. The Morgan fingerprint density at radius 2 is 1.82 bits per heavy atom. The summed E-state index contributed by atoms with van der Waals surface area (Å²) in [6, 6.07) is 23.9. The number of H-pyrrole nitrogens is 1. The lowest BCUT2D eigenvalue weighted by Gasteiger charge is -2.37. The minimum atomic E-state index is -0.597. The zero-order chi connectivity index (χ0) is 23.7. The van der Waals surface area contributed by atoms with E-state index >= 15 is 0 Å². The molecule has 34 heavy (non-hydrogen) atoms. The number of fused-ring (bicyclic) bond motifs is 3. The molecule has 0 aliphatic carbocycles. The molecule has 0 radical (unpaired) electrons. The number of carbonyl (C=O) groups excluding carboxylic acids is 1. The van der Waals surface area contributed by atoms with Crippen LogP contribution < -0.4 is 9.47 Å². The van der Waals surface area contributed by atoms with Gasteiger partial charge in [0.15, 0.2) is 6.10 Å². The third kappa shape index (κ3) is 4.03. The van der Waals surface area contributed by atoms with E-state index in [0.29, 0.717) is 12.3 Å². The van der Waals surface area contributed by atoms with Crippen LogP contribution in [-0.2, 0) is 17.6 Å². The van der Waals surface area contributed by atoms with Gasteiger partial charge in [-0.2, -0.15) is 0 Å². The summed E-state index contributed by atoms with van der Waals surface area (Å²) < 4.78 is 11.4. The molecule has 5 heteroatoms. The van der Waals surface area contributed by atoms with Crippen molar-refractivity contribution in [2.24, 2.45) is 0 Å². The van der Waals surface area contributed by atoms with E-state index in [1.165, 1.54) is 16.5 Å². The van der Waals surface area contributed by atoms with Gasteiger partial charge in [0.2, 0.25) is 0 Å². The smallest absolute Gasteiger partial charge is 0.264 e. The van der Waals surface area contributed by atoms with E-state index in [9.17, 15) is 4.79 Å². The molecule has 5 rings (SSSR count). The van der Waals surface area contributed by atoms with Crippen molar-refractivity contribution in [1.82, 2.24) is 9.88 Å². The summed E-state index contributed by atoms with van der Waals surface area (Å²) in [5.74, 6) is 1.46. The van der Waals surface area contributed by atoms with Crippen LogP contribution in [0.4, 0.5) is 0 Å². The molecule has 1 amide bonds. The minimum Gasteiger partial charge on any atom is -0.497 e. The molecule has 0 bridgehead atoms. The van der Waals surface area contributed by atoms with Crippen molar-refractivity contribution in [2.75, 3.05) is 13.7 Å². The number of methoxy groups -OCH3 is 1. The Kier molecular flexibility index (Phi) is 6.01. The molecule has 2 unspecified atom stereocenters. The summed E-state index contributed by atoms with van der Waals surface area (Å²) in [6.07, 6.45) is 1.20.